The first kappa shape index (κ1) is 19.4. The molecule has 1 heterocycles. The Morgan fingerprint density at radius 1 is 1.00 bits per heavy atom. The molecule has 0 spiro atoms. The maximum absolute atomic E-state index is 13.8. The number of nitrogens with zero attached hydrogens (tertiary/aromatic N) is 1. The second kappa shape index (κ2) is 7.18. The summed E-state index contributed by atoms with van der Waals surface area (Å²) in [5.74, 6) is -1.91. The fraction of sp³-hybridized carbons (Fsp3) is 0.0476. The van der Waals surface area contributed by atoms with Crippen LogP contribution in [-0.2, 0) is 6.18 Å². The lowest BCUT2D eigenvalue weighted by atomic mass is 10.2. The Labute approximate surface area is 166 Å². The van der Waals surface area contributed by atoms with E-state index in [-0.39, 0.29) is 11.3 Å². The number of carboxylic acid groups (broad SMARTS) is 1. The van der Waals surface area contributed by atoms with Crippen LogP contribution in [0.5, 0.6) is 11.5 Å². The summed E-state index contributed by atoms with van der Waals surface area (Å²) in [6.45, 7) is 0. The van der Waals surface area contributed by atoms with Gasteiger partial charge in [0.25, 0.3) is 0 Å². The standard InChI is InChI=1S/C21H12F4N2O3/c22-15-7-4-13(21(23,24)25)10-18(15)30-14-5-1-11(2-6-14)19-26-16-8-3-12(20(28)29)9-17(16)27-19/h1-10H,(H,26,27)(H,28,29). The van der Waals surface area contributed by atoms with Crippen LogP contribution in [0.3, 0.4) is 0 Å². The van der Waals surface area contributed by atoms with Crippen LogP contribution in [0.15, 0.2) is 60.7 Å². The van der Waals surface area contributed by atoms with Crippen molar-refractivity contribution >= 4 is 17.0 Å². The van der Waals surface area contributed by atoms with E-state index < -0.39 is 29.3 Å². The van der Waals surface area contributed by atoms with Crippen LogP contribution in [0.1, 0.15) is 15.9 Å². The summed E-state index contributed by atoms with van der Waals surface area (Å²) < 4.78 is 57.6. The first-order valence-corrected chi connectivity index (χ1v) is 8.59. The summed E-state index contributed by atoms with van der Waals surface area (Å²) >= 11 is 0. The van der Waals surface area contributed by atoms with E-state index in [1.165, 1.54) is 24.3 Å². The van der Waals surface area contributed by atoms with Crippen molar-refractivity contribution in [2.24, 2.45) is 0 Å². The fourth-order valence-corrected chi connectivity index (χ4v) is 2.85. The first-order chi connectivity index (χ1) is 14.2. The Hall–Kier alpha value is -3.88. The monoisotopic (exact) mass is 416 g/mol. The molecule has 2 N–H and O–H groups in total. The van der Waals surface area contributed by atoms with Gasteiger partial charge in [-0.05, 0) is 60.7 Å². The molecule has 0 aliphatic heterocycles. The Bertz CT molecular complexity index is 1250. The highest BCUT2D eigenvalue weighted by Crippen LogP contribution is 2.34. The maximum Gasteiger partial charge on any atom is 0.416 e. The normalized spacial score (nSPS) is 11.6. The number of rotatable bonds is 4. The number of alkyl halides is 3. The van der Waals surface area contributed by atoms with Gasteiger partial charge < -0.3 is 14.8 Å². The molecule has 9 heteroatoms. The molecule has 1 aromatic heterocycles. The number of hydrogen-bond donors (Lipinski definition) is 2. The van der Waals surface area contributed by atoms with E-state index in [0.717, 1.165) is 0 Å². The molecular weight excluding hydrogens is 404 g/mol. The second-order valence-corrected chi connectivity index (χ2v) is 6.39. The third-order valence-corrected chi connectivity index (χ3v) is 4.34. The molecule has 4 aromatic rings. The summed E-state index contributed by atoms with van der Waals surface area (Å²) in [5.41, 5.74) is 0.834. The highest BCUT2D eigenvalue weighted by molar-refractivity contribution is 5.93. The van der Waals surface area contributed by atoms with Gasteiger partial charge >= 0.3 is 12.1 Å². The van der Waals surface area contributed by atoms with Crippen LogP contribution in [0.25, 0.3) is 22.4 Å². The molecule has 152 valence electrons. The number of H-pyrrole nitrogens is 1. The van der Waals surface area contributed by atoms with Crippen molar-refractivity contribution < 1.29 is 32.2 Å². The Morgan fingerprint density at radius 2 is 1.73 bits per heavy atom. The number of aromatic amines is 1. The van der Waals surface area contributed by atoms with Crippen LogP contribution < -0.4 is 4.74 Å². The lowest BCUT2D eigenvalue weighted by Crippen LogP contribution is -2.05. The lowest BCUT2D eigenvalue weighted by molar-refractivity contribution is -0.137. The molecule has 0 saturated carbocycles. The number of carbonyl (C=O) groups is 1. The van der Waals surface area contributed by atoms with E-state index in [4.69, 9.17) is 9.84 Å². The van der Waals surface area contributed by atoms with Gasteiger partial charge in [-0.15, -0.1) is 0 Å². The first-order valence-electron chi connectivity index (χ1n) is 8.59. The fourth-order valence-electron chi connectivity index (χ4n) is 2.85. The summed E-state index contributed by atoms with van der Waals surface area (Å²) in [7, 11) is 0. The molecule has 0 atom stereocenters. The topological polar surface area (TPSA) is 75.2 Å². The molecule has 0 unspecified atom stereocenters. The number of aromatic nitrogens is 2. The van der Waals surface area contributed by atoms with Crippen molar-refractivity contribution in [3.8, 4) is 22.9 Å². The predicted octanol–water partition coefficient (Wildman–Crippen LogP) is 5.88. The summed E-state index contributed by atoms with van der Waals surface area (Å²) in [4.78, 5) is 18.5. The molecule has 0 amide bonds. The van der Waals surface area contributed by atoms with Crippen LogP contribution >= 0.6 is 0 Å². The van der Waals surface area contributed by atoms with Crippen molar-refractivity contribution in [2.75, 3.05) is 0 Å². The molecule has 0 fully saturated rings. The van der Waals surface area contributed by atoms with Crippen molar-refractivity contribution in [1.82, 2.24) is 9.97 Å². The van der Waals surface area contributed by atoms with E-state index >= 15 is 0 Å². The summed E-state index contributed by atoms with van der Waals surface area (Å²) in [5, 5.41) is 9.06. The predicted molar refractivity (Wildman–Crippen MR) is 100.0 cm³/mol. The minimum absolute atomic E-state index is 0.115. The molecule has 4 rings (SSSR count). The maximum atomic E-state index is 13.8. The minimum Gasteiger partial charge on any atom is -0.478 e. The molecule has 0 bridgehead atoms. The zero-order valence-corrected chi connectivity index (χ0v) is 15.0. The van der Waals surface area contributed by atoms with Crippen LogP contribution in [-0.4, -0.2) is 21.0 Å². The quantitative estimate of drug-likeness (QED) is 0.408. The van der Waals surface area contributed by atoms with Crippen molar-refractivity contribution in [2.45, 2.75) is 6.18 Å². The van der Waals surface area contributed by atoms with Gasteiger partial charge in [-0.3, -0.25) is 0 Å². The van der Waals surface area contributed by atoms with Crippen LogP contribution in [0.4, 0.5) is 17.6 Å². The third-order valence-electron chi connectivity index (χ3n) is 4.34. The zero-order chi connectivity index (χ0) is 21.5. The molecule has 0 radical (unpaired) electrons. The smallest absolute Gasteiger partial charge is 0.416 e. The number of hydrogen-bond acceptors (Lipinski definition) is 3. The van der Waals surface area contributed by atoms with Crippen LogP contribution in [0.2, 0.25) is 0 Å². The summed E-state index contributed by atoms with van der Waals surface area (Å²) in [6.07, 6.45) is -4.61. The number of ether oxygens (including phenoxy) is 1. The Morgan fingerprint density at radius 3 is 2.40 bits per heavy atom. The average molecular weight is 416 g/mol. The van der Waals surface area contributed by atoms with Crippen LogP contribution in [0, 0.1) is 5.82 Å². The highest BCUT2D eigenvalue weighted by Gasteiger charge is 2.31. The molecular formula is C21H12F4N2O3. The van der Waals surface area contributed by atoms with E-state index in [0.29, 0.717) is 40.6 Å². The number of aromatic carboxylic acids is 1. The molecule has 0 aliphatic carbocycles. The largest absolute Gasteiger partial charge is 0.478 e. The molecule has 3 aromatic carbocycles. The van der Waals surface area contributed by atoms with Gasteiger partial charge in [0.1, 0.15) is 11.6 Å². The molecule has 0 saturated heterocycles. The van der Waals surface area contributed by atoms with Crippen molar-refractivity contribution in [3.63, 3.8) is 0 Å². The van der Waals surface area contributed by atoms with Gasteiger partial charge in [-0.1, -0.05) is 0 Å². The van der Waals surface area contributed by atoms with Gasteiger partial charge in [0.2, 0.25) is 0 Å². The second-order valence-electron chi connectivity index (χ2n) is 6.39. The molecule has 0 aliphatic rings. The van der Waals surface area contributed by atoms with E-state index in [9.17, 15) is 22.4 Å². The van der Waals surface area contributed by atoms with E-state index in [1.54, 1.807) is 18.2 Å². The van der Waals surface area contributed by atoms with Gasteiger partial charge in [-0.2, -0.15) is 13.2 Å². The SMILES string of the molecule is O=C(O)c1ccc2nc(-c3ccc(Oc4cc(C(F)(F)F)ccc4F)cc3)[nH]c2c1. The third kappa shape index (κ3) is 3.82. The average Bonchev–Trinajstić information content (AvgIpc) is 3.12. The van der Waals surface area contributed by atoms with E-state index in [1.807, 2.05) is 0 Å². The van der Waals surface area contributed by atoms with Gasteiger partial charge in [-0.25, -0.2) is 14.2 Å². The number of imidazole rings is 1. The van der Waals surface area contributed by atoms with Crippen molar-refractivity contribution in [1.29, 1.82) is 0 Å². The van der Waals surface area contributed by atoms with Gasteiger partial charge in [0.15, 0.2) is 11.6 Å². The number of halogens is 4. The zero-order valence-electron chi connectivity index (χ0n) is 15.0. The highest BCUT2D eigenvalue weighted by atomic mass is 19.4. The Kier molecular flexibility index (Phi) is 4.65. The van der Waals surface area contributed by atoms with Gasteiger partial charge in [0, 0.05) is 5.56 Å². The Balaban J connectivity index is 1.59. The molecule has 30 heavy (non-hydrogen) atoms. The van der Waals surface area contributed by atoms with Gasteiger partial charge in [0.05, 0.1) is 22.2 Å². The van der Waals surface area contributed by atoms with E-state index in [2.05, 4.69) is 9.97 Å². The number of nitrogens with one attached hydrogen (secondary N) is 1. The number of benzene rings is 3. The summed E-state index contributed by atoms with van der Waals surface area (Å²) in [6, 6.07) is 12.5. The number of fused-ring (bicyclic) bond motifs is 1. The molecule has 5 nitrogen and oxygen atoms in total. The van der Waals surface area contributed by atoms with Crippen molar-refractivity contribution in [3.05, 3.63) is 77.6 Å². The number of carboxylic acids is 1. The minimum atomic E-state index is -4.61. The lowest BCUT2D eigenvalue weighted by Gasteiger charge is -2.11.